The molecule has 0 atom stereocenters. The van der Waals surface area contributed by atoms with Crippen LogP contribution in [0.25, 0.3) is 0 Å². The fourth-order valence-electron chi connectivity index (χ4n) is 2.62. The summed E-state index contributed by atoms with van der Waals surface area (Å²) in [4.78, 5) is 0. The van der Waals surface area contributed by atoms with Crippen LogP contribution < -0.4 is 9.47 Å². The number of rotatable bonds is 7. The monoisotopic (exact) mass is 328 g/mol. The normalized spacial score (nSPS) is 16.2. The first-order valence-corrected chi connectivity index (χ1v) is 8.88. The molecule has 0 unspecified atom stereocenters. The molecule has 124 valence electrons. The van der Waals surface area contributed by atoms with Crippen LogP contribution in [0.3, 0.4) is 0 Å². The zero-order chi connectivity index (χ0) is 16.2. The van der Waals surface area contributed by atoms with Gasteiger partial charge in [-0.3, -0.25) is 0 Å². The molecule has 0 aliphatic carbocycles. The fraction of sp³-hybridized carbons (Fsp3) is 0.600. The molecule has 0 radical (unpaired) electrons. The highest BCUT2D eigenvalue weighted by atomic mass is 32.2. The van der Waals surface area contributed by atoms with Crippen LogP contribution in [0.15, 0.2) is 18.2 Å². The minimum absolute atomic E-state index is 0.329. The van der Waals surface area contributed by atoms with Crippen molar-refractivity contribution >= 4 is 10.2 Å². The Morgan fingerprint density at radius 3 is 2.32 bits per heavy atom. The molecule has 2 rings (SSSR count). The molecule has 1 aromatic rings. The maximum Gasteiger partial charge on any atom is 0.282 e. The van der Waals surface area contributed by atoms with Crippen LogP contribution in [0.5, 0.6) is 11.5 Å². The van der Waals surface area contributed by atoms with E-state index in [0.717, 1.165) is 18.4 Å². The molecule has 0 bridgehead atoms. The van der Waals surface area contributed by atoms with Crippen LogP contribution in [-0.4, -0.2) is 50.9 Å². The summed E-state index contributed by atoms with van der Waals surface area (Å²) in [7, 11) is -0.243. The molecule has 1 saturated heterocycles. The van der Waals surface area contributed by atoms with Crippen LogP contribution in [-0.2, 0) is 16.8 Å². The van der Waals surface area contributed by atoms with Gasteiger partial charge >= 0.3 is 0 Å². The van der Waals surface area contributed by atoms with E-state index in [0.29, 0.717) is 37.7 Å². The third-order valence-electron chi connectivity index (χ3n) is 3.88. The van der Waals surface area contributed by atoms with Crippen molar-refractivity contribution in [1.29, 1.82) is 0 Å². The smallest absolute Gasteiger partial charge is 0.282 e. The summed E-state index contributed by atoms with van der Waals surface area (Å²) in [5.41, 5.74) is 0.877. The minimum atomic E-state index is -3.39. The Bertz CT molecular complexity index is 598. The molecule has 1 fully saturated rings. The van der Waals surface area contributed by atoms with Gasteiger partial charge in [0, 0.05) is 26.2 Å². The summed E-state index contributed by atoms with van der Waals surface area (Å²) < 4.78 is 38.8. The lowest BCUT2D eigenvalue weighted by Gasteiger charge is -2.26. The first-order chi connectivity index (χ1) is 10.5. The summed E-state index contributed by atoms with van der Waals surface area (Å²) in [6.45, 7) is 3.85. The Kier molecular flexibility index (Phi) is 5.66. The predicted octanol–water partition coefficient (Wildman–Crippen LogP) is 1.87. The number of hydrogen-bond donors (Lipinski definition) is 0. The van der Waals surface area contributed by atoms with Gasteiger partial charge in [-0.25, -0.2) is 0 Å². The minimum Gasteiger partial charge on any atom is -0.493 e. The van der Waals surface area contributed by atoms with Crippen molar-refractivity contribution in [3.05, 3.63) is 23.8 Å². The highest BCUT2D eigenvalue weighted by Gasteiger charge is 2.30. The van der Waals surface area contributed by atoms with Gasteiger partial charge in [0.05, 0.1) is 14.2 Å². The van der Waals surface area contributed by atoms with E-state index < -0.39 is 10.2 Å². The second-order valence-electron chi connectivity index (χ2n) is 5.23. The molecule has 0 aromatic heterocycles. The lowest BCUT2D eigenvalue weighted by atomic mass is 10.2. The van der Waals surface area contributed by atoms with E-state index in [1.807, 2.05) is 19.1 Å². The van der Waals surface area contributed by atoms with Crippen molar-refractivity contribution in [3.8, 4) is 11.5 Å². The lowest BCUT2D eigenvalue weighted by molar-refractivity contribution is 0.350. The number of nitrogens with zero attached hydrogens (tertiary/aromatic N) is 2. The van der Waals surface area contributed by atoms with E-state index in [1.54, 1.807) is 24.6 Å². The van der Waals surface area contributed by atoms with E-state index in [1.165, 1.54) is 4.31 Å². The standard InChI is InChI=1S/C15H24N2O4S/c1-4-16(22(18,19)17-9-5-6-10-17)12-13-7-8-14(20-2)15(11-13)21-3/h7-8,11H,4-6,9-10,12H2,1-3H3. The molecule has 7 heteroatoms. The topological polar surface area (TPSA) is 59.1 Å². The Morgan fingerprint density at radius 1 is 1.14 bits per heavy atom. The first-order valence-electron chi connectivity index (χ1n) is 7.49. The molecule has 22 heavy (non-hydrogen) atoms. The van der Waals surface area contributed by atoms with Crippen molar-refractivity contribution in [1.82, 2.24) is 8.61 Å². The van der Waals surface area contributed by atoms with Gasteiger partial charge in [-0.2, -0.15) is 17.0 Å². The first kappa shape index (κ1) is 17.1. The highest BCUT2D eigenvalue weighted by molar-refractivity contribution is 7.86. The third kappa shape index (κ3) is 3.53. The molecule has 0 saturated carbocycles. The molecular formula is C15H24N2O4S. The number of ether oxygens (including phenoxy) is 2. The number of methoxy groups -OCH3 is 2. The summed E-state index contributed by atoms with van der Waals surface area (Å²) in [6.07, 6.45) is 1.88. The van der Waals surface area contributed by atoms with Crippen molar-refractivity contribution < 1.29 is 17.9 Å². The second-order valence-corrected chi connectivity index (χ2v) is 7.16. The summed E-state index contributed by atoms with van der Waals surface area (Å²) in [6, 6.07) is 5.48. The molecule has 1 aromatic carbocycles. The van der Waals surface area contributed by atoms with Gasteiger partial charge < -0.3 is 9.47 Å². The average Bonchev–Trinajstić information content (AvgIpc) is 3.07. The lowest BCUT2D eigenvalue weighted by Crippen LogP contribution is -2.41. The Hall–Kier alpha value is -1.31. The van der Waals surface area contributed by atoms with Crippen molar-refractivity contribution in [2.45, 2.75) is 26.3 Å². The molecule has 1 aliphatic rings. The van der Waals surface area contributed by atoms with Gasteiger partial charge in [0.25, 0.3) is 10.2 Å². The van der Waals surface area contributed by atoms with E-state index in [-0.39, 0.29) is 0 Å². The largest absolute Gasteiger partial charge is 0.493 e. The van der Waals surface area contributed by atoms with Gasteiger partial charge in [0.1, 0.15) is 0 Å². The fourth-order valence-corrected chi connectivity index (χ4v) is 4.31. The average molecular weight is 328 g/mol. The SMILES string of the molecule is CCN(Cc1ccc(OC)c(OC)c1)S(=O)(=O)N1CCCC1. The van der Waals surface area contributed by atoms with Crippen molar-refractivity contribution in [2.75, 3.05) is 33.9 Å². The van der Waals surface area contributed by atoms with E-state index in [4.69, 9.17) is 9.47 Å². The van der Waals surface area contributed by atoms with Crippen LogP contribution in [0.4, 0.5) is 0 Å². The van der Waals surface area contributed by atoms with Gasteiger partial charge in [0.15, 0.2) is 11.5 Å². The van der Waals surface area contributed by atoms with Crippen LogP contribution in [0.2, 0.25) is 0 Å². The number of hydrogen-bond acceptors (Lipinski definition) is 4. The molecule has 0 N–H and O–H groups in total. The molecule has 1 heterocycles. The molecule has 0 amide bonds. The van der Waals surface area contributed by atoms with Gasteiger partial charge in [-0.15, -0.1) is 0 Å². The highest BCUT2D eigenvalue weighted by Crippen LogP contribution is 2.28. The Balaban J connectivity index is 2.19. The molecular weight excluding hydrogens is 304 g/mol. The summed E-state index contributed by atoms with van der Waals surface area (Å²) in [5.74, 6) is 1.24. The Morgan fingerprint density at radius 2 is 1.77 bits per heavy atom. The van der Waals surface area contributed by atoms with E-state index in [2.05, 4.69) is 0 Å². The van der Waals surface area contributed by atoms with Crippen LogP contribution >= 0.6 is 0 Å². The summed E-state index contributed by atoms with van der Waals surface area (Å²) in [5, 5.41) is 0. The van der Waals surface area contributed by atoms with Gasteiger partial charge in [0.2, 0.25) is 0 Å². The predicted molar refractivity (Wildman–Crippen MR) is 85.4 cm³/mol. The number of benzene rings is 1. The summed E-state index contributed by atoms with van der Waals surface area (Å²) >= 11 is 0. The maximum atomic E-state index is 12.6. The molecule has 6 nitrogen and oxygen atoms in total. The molecule has 1 aliphatic heterocycles. The Labute approximate surface area is 132 Å². The van der Waals surface area contributed by atoms with Crippen LogP contribution in [0.1, 0.15) is 25.3 Å². The third-order valence-corrected chi connectivity index (χ3v) is 5.93. The van der Waals surface area contributed by atoms with Crippen molar-refractivity contribution in [2.24, 2.45) is 0 Å². The van der Waals surface area contributed by atoms with Gasteiger partial charge in [-0.05, 0) is 30.5 Å². The zero-order valence-electron chi connectivity index (χ0n) is 13.4. The van der Waals surface area contributed by atoms with E-state index in [9.17, 15) is 8.42 Å². The quantitative estimate of drug-likeness (QED) is 0.767. The zero-order valence-corrected chi connectivity index (χ0v) is 14.2. The molecule has 0 spiro atoms. The maximum absolute atomic E-state index is 12.6. The van der Waals surface area contributed by atoms with Crippen molar-refractivity contribution in [3.63, 3.8) is 0 Å². The van der Waals surface area contributed by atoms with Gasteiger partial charge in [-0.1, -0.05) is 13.0 Å². The second kappa shape index (κ2) is 7.30. The van der Waals surface area contributed by atoms with Crippen LogP contribution in [0, 0.1) is 0 Å². The van der Waals surface area contributed by atoms with E-state index >= 15 is 0 Å².